The first-order valence-electron chi connectivity index (χ1n) is 26.3. The topological polar surface area (TPSA) is 168 Å². The number of thiazole rings is 1. The predicted octanol–water partition coefficient (Wildman–Crippen LogP) is 4.84. The molecule has 5 aliphatic rings. The van der Waals surface area contributed by atoms with Gasteiger partial charge in [-0.2, -0.15) is 0 Å². The number of amides is 2. The van der Waals surface area contributed by atoms with Crippen LogP contribution in [0.5, 0.6) is 0 Å². The fourth-order valence-corrected chi connectivity index (χ4v) is 12.4. The summed E-state index contributed by atoms with van der Waals surface area (Å²) in [5.74, 6) is 3.04. The van der Waals surface area contributed by atoms with E-state index in [4.69, 9.17) is 10.1 Å². The Morgan fingerprint density at radius 2 is 1.66 bits per heavy atom. The Hall–Kier alpha value is -5.14. The van der Waals surface area contributed by atoms with Crippen molar-refractivity contribution in [2.24, 2.45) is 5.92 Å². The average Bonchev–Trinajstić information content (AvgIpc) is 4.05. The summed E-state index contributed by atoms with van der Waals surface area (Å²) in [5, 5.41) is 13.6. The number of H-pyrrole nitrogens is 1. The number of nitrogens with zero attached hydrogens (tertiary/aromatic N) is 12. The van der Waals surface area contributed by atoms with Gasteiger partial charge in [0.1, 0.15) is 22.4 Å². The molecule has 0 aromatic carbocycles. The molecule has 0 saturated carbocycles. The highest BCUT2D eigenvalue weighted by molar-refractivity contribution is 7.11. The minimum atomic E-state index is -0.0378. The minimum Gasteiger partial charge on any atom is -0.368 e. The van der Waals surface area contributed by atoms with Gasteiger partial charge in [-0.15, -0.1) is 21.5 Å². The highest BCUT2D eigenvalue weighted by Crippen LogP contribution is 2.35. The quantitative estimate of drug-likeness (QED) is 0.129. The van der Waals surface area contributed by atoms with Crippen LogP contribution in [0.25, 0.3) is 11.0 Å². The molecule has 18 heteroatoms. The maximum absolute atomic E-state index is 13.5. The summed E-state index contributed by atoms with van der Waals surface area (Å²) in [6.45, 7) is 18.7. The van der Waals surface area contributed by atoms with Gasteiger partial charge in [0, 0.05) is 102 Å². The standard InChI is InChI=1S/C52H72N14O3S/c1-3-40-30-44-45(57-51(40)68)29-39(31-54-44)34-62-21-25-63(26-22-62)41-12-13-43(55-32-41)52(69)64-27-23-61(24-28-64)33-38-14-19-60(20-15-38)35-48(67)53-16-7-9-42-37(2)70-49(56-42)36-65-17-8-10-46(65)50-59-58-47-11-5-4-6-18-66(47)50/h12-13,29-32,38,46H,3-11,14-28,33-36H2,1-2H3,(H,53,67)(H,57,68)/t46-/m0/s1. The molecule has 374 valence electrons. The molecule has 0 unspecified atom stereocenters. The van der Waals surface area contributed by atoms with Crippen LogP contribution in [-0.2, 0) is 43.7 Å². The zero-order chi connectivity index (χ0) is 48.0. The van der Waals surface area contributed by atoms with Crippen molar-refractivity contribution >= 4 is 39.9 Å². The Bertz CT molecular complexity index is 2620. The van der Waals surface area contributed by atoms with Gasteiger partial charge in [-0.05, 0) is 120 Å². The van der Waals surface area contributed by atoms with Crippen LogP contribution in [0.1, 0.15) is 113 Å². The number of aromatic amines is 1. The summed E-state index contributed by atoms with van der Waals surface area (Å²) < 4.78 is 2.41. The molecule has 5 aromatic heterocycles. The van der Waals surface area contributed by atoms with Crippen molar-refractivity contribution in [3.63, 3.8) is 0 Å². The van der Waals surface area contributed by atoms with Crippen molar-refractivity contribution in [1.82, 2.24) is 64.5 Å². The van der Waals surface area contributed by atoms with Crippen molar-refractivity contribution in [3.8, 4) is 0 Å². The molecule has 0 radical (unpaired) electrons. The number of likely N-dealkylation sites (tertiary alicyclic amines) is 2. The number of piperazine rings is 2. The Morgan fingerprint density at radius 3 is 2.46 bits per heavy atom. The number of pyridine rings is 3. The summed E-state index contributed by atoms with van der Waals surface area (Å²) in [7, 11) is 0. The fraction of sp³-hybridized carbons (Fsp3) is 0.615. The van der Waals surface area contributed by atoms with Crippen LogP contribution in [0.2, 0.25) is 0 Å². The summed E-state index contributed by atoms with van der Waals surface area (Å²) in [4.78, 5) is 71.5. The number of piperidine rings is 1. The number of hydrogen-bond acceptors (Lipinski definition) is 14. The molecule has 4 saturated heterocycles. The molecule has 0 spiro atoms. The van der Waals surface area contributed by atoms with Gasteiger partial charge in [0.05, 0.1) is 47.7 Å². The maximum Gasteiger partial charge on any atom is 0.272 e. The summed E-state index contributed by atoms with van der Waals surface area (Å²) >= 11 is 1.82. The zero-order valence-corrected chi connectivity index (χ0v) is 42.2. The van der Waals surface area contributed by atoms with Crippen molar-refractivity contribution in [3.05, 3.63) is 91.1 Å². The van der Waals surface area contributed by atoms with Gasteiger partial charge in [-0.3, -0.25) is 39.0 Å². The van der Waals surface area contributed by atoms with E-state index in [1.165, 1.54) is 41.3 Å². The zero-order valence-electron chi connectivity index (χ0n) is 41.4. The van der Waals surface area contributed by atoms with Gasteiger partial charge >= 0.3 is 0 Å². The van der Waals surface area contributed by atoms with E-state index in [0.717, 1.165) is 163 Å². The van der Waals surface area contributed by atoms with Crippen molar-refractivity contribution in [2.45, 2.75) is 110 Å². The first kappa shape index (κ1) is 48.5. The molecule has 5 aromatic rings. The van der Waals surface area contributed by atoms with Crippen LogP contribution < -0.4 is 15.8 Å². The van der Waals surface area contributed by atoms with Gasteiger partial charge in [0.25, 0.3) is 11.5 Å². The molecule has 10 heterocycles. The normalized spacial score (nSPS) is 20.3. The van der Waals surface area contributed by atoms with E-state index in [1.807, 2.05) is 59.8 Å². The third-order valence-electron chi connectivity index (χ3n) is 15.6. The van der Waals surface area contributed by atoms with Gasteiger partial charge in [0.15, 0.2) is 0 Å². The monoisotopic (exact) mass is 973 g/mol. The second-order valence-corrected chi connectivity index (χ2v) is 21.6. The molecule has 2 amide bonds. The Labute approximate surface area is 416 Å². The smallest absolute Gasteiger partial charge is 0.272 e. The summed E-state index contributed by atoms with van der Waals surface area (Å²) in [6, 6.07) is 8.17. The third-order valence-corrected chi connectivity index (χ3v) is 16.6. The van der Waals surface area contributed by atoms with Crippen LogP contribution in [-0.4, -0.2) is 163 Å². The van der Waals surface area contributed by atoms with Crippen LogP contribution in [0.4, 0.5) is 5.69 Å². The van der Waals surface area contributed by atoms with E-state index in [0.29, 0.717) is 50.3 Å². The number of carbonyl (C=O) groups is 2. The van der Waals surface area contributed by atoms with Crippen LogP contribution in [0.3, 0.4) is 0 Å². The number of hydrogen-bond donors (Lipinski definition) is 2. The highest BCUT2D eigenvalue weighted by atomic mass is 32.1. The number of fused-ring (bicyclic) bond motifs is 2. The number of carbonyl (C=O) groups excluding carboxylic acids is 2. The Morgan fingerprint density at radius 1 is 0.829 bits per heavy atom. The molecule has 1 atom stereocenters. The van der Waals surface area contributed by atoms with E-state index in [9.17, 15) is 14.4 Å². The van der Waals surface area contributed by atoms with Gasteiger partial charge in [0.2, 0.25) is 5.91 Å². The summed E-state index contributed by atoms with van der Waals surface area (Å²) in [5.41, 5.74) is 6.12. The Kier molecular flexibility index (Phi) is 15.6. The summed E-state index contributed by atoms with van der Waals surface area (Å²) in [6.07, 6.45) is 15.4. The molecule has 17 nitrogen and oxygen atoms in total. The van der Waals surface area contributed by atoms with E-state index in [1.54, 1.807) is 0 Å². The van der Waals surface area contributed by atoms with Crippen LogP contribution in [0, 0.1) is 12.8 Å². The van der Waals surface area contributed by atoms with E-state index in [-0.39, 0.29) is 17.4 Å². The average molecular weight is 973 g/mol. The van der Waals surface area contributed by atoms with E-state index < -0.39 is 0 Å². The molecule has 70 heavy (non-hydrogen) atoms. The molecule has 0 aliphatic carbocycles. The fourth-order valence-electron chi connectivity index (χ4n) is 11.4. The van der Waals surface area contributed by atoms with Gasteiger partial charge in [-0.25, -0.2) is 9.97 Å². The molecule has 10 rings (SSSR count). The molecular formula is C52H72N14O3S. The third kappa shape index (κ3) is 11.6. The lowest BCUT2D eigenvalue weighted by Crippen LogP contribution is -2.51. The second-order valence-electron chi connectivity index (χ2n) is 20.4. The largest absolute Gasteiger partial charge is 0.368 e. The number of rotatable bonds is 16. The van der Waals surface area contributed by atoms with Crippen LogP contribution >= 0.6 is 11.3 Å². The first-order chi connectivity index (χ1) is 34.2. The van der Waals surface area contributed by atoms with Gasteiger partial charge < -0.3 is 24.7 Å². The number of nitrogens with one attached hydrogen (secondary N) is 2. The minimum absolute atomic E-state index is 0.00502. The highest BCUT2D eigenvalue weighted by Gasteiger charge is 2.33. The molecule has 5 aliphatic heterocycles. The lowest BCUT2D eigenvalue weighted by molar-refractivity contribution is -0.122. The predicted molar refractivity (Wildman–Crippen MR) is 273 cm³/mol. The number of anilines is 1. The molecular weight excluding hydrogens is 901 g/mol. The first-order valence-corrected chi connectivity index (χ1v) is 27.1. The van der Waals surface area contributed by atoms with E-state index in [2.05, 4.69) is 61.4 Å². The molecule has 2 N–H and O–H groups in total. The molecule has 0 bridgehead atoms. The second kappa shape index (κ2) is 22.5. The lowest BCUT2D eigenvalue weighted by Gasteiger charge is -2.38. The van der Waals surface area contributed by atoms with E-state index >= 15 is 0 Å². The Balaban J connectivity index is 0.588. The number of aryl methyl sites for hydroxylation is 4. The number of aromatic nitrogens is 7. The van der Waals surface area contributed by atoms with Crippen molar-refractivity contribution in [1.29, 1.82) is 0 Å². The molecule has 4 fully saturated rings. The lowest BCUT2D eigenvalue weighted by atomic mass is 9.96. The maximum atomic E-state index is 13.5. The SMILES string of the molecule is CCc1cc2ncc(CN3CCN(c4ccc(C(=O)N5CCN(CC6CCN(CC(=O)NCCCc7nc(CN8CCC[C@H]8c8nnc9n8CCCCC9)sc7C)CC6)CC5)nc4)CC3)cc2[nH]c1=O. The van der Waals surface area contributed by atoms with Gasteiger partial charge in [-0.1, -0.05) is 13.3 Å². The van der Waals surface area contributed by atoms with Crippen LogP contribution in [0.15, 0.2) is 41.5 Å². The van der Waals surface area contributed by atoms with Crippen molar-refractivity contribution < 1.29 is 9.59 Å². The van der Waals surface area contributed by atoms with Crippen molar-refractivity contribution in [2.75, 3.05) is 96.5 Å².